The number of hydrogen-bond acceptors (Lipinski definition) is 0. The van der Waals surface area contributed by atoms with E-state index in [2.05, 4.69) is 51.5 Å². The molecule has 0 aliphatic carbocycles. The van der Waals surface area contributed by atoms with Crippen molar-refractivity contribution < 1.29 is 0 Å². The molecule has 0 aliphatic rings. The molecule has 0 bridgehead atoms. The van der Waals surface area contributed by atoms with E-state index in [9.17, 15) is 0 Å². The van der Waals surface area contributed by atoms with Crippen LogP contribution in [0.3, 0.4) is 0 Å². The second kappa shape index (κ2) is 10.2. The minimum Gasteiger partial charge on any atom is -0.0622 e. The minimum absolute atomic E-state index is 0.896. The van der Waals surface area contributed by atoms with Crippen molar-refractivity contribution in [1.82, 2.24) is 0 Å². The summed E-state index contributed by atoms with van der Waals surface area (Å²) in [7, 11) is 0. The highest BCUT2D eigenvalue weighted by Crippen LogP contribution is 2.15. The molecule has 0 saturated carbocycles. The van der Waals surface area contributed by atoms with Crippen LogP contribution in [0.2, 0.25) is 0 Å². The van der Waals surface area contributed by atoms with Gasteiger partial charge in [-0.25, -0.2) is 0 Å². The van der Waals surface area contributed by atoms with Gasteiger partial charge in [0.2, 0.25) is 0 Å². The number of rotatable bonds is 0. The average Bonchev–Trinajstić information content (AvgIpc) is 2.82. The highest BCUT2D eigenvalue weighted by Gasteiger charge is 1.99. The van der Waals surface area contributed by atoms with Crippen LogP contribution in [0, 0.1) is 35.5 Å². The van der Waals surface area contributed by atoms with Gasteiger partial charge >= 0.3 is 0 Å². The summed E-state index contributed by atoms with van der Waals surface area (Å²) in [6, 6.07) is 33.8. The lowest BCUT2D eigenvalue weighted by molar-refractivity contribution is 1.55. The van der Waals surface area contributed by atoms with E-state index in [1.807, 2.05) is 103 Å². The van der Waals surface area contributed by atoms with Gasteiger partial charge in [0, 0.05) is 37.9 Å². The Morgan fingerprint density at radius 2 is 0.710 bits per heavy atom. The van der Waals surface area contributed by atoms with E-state index in [0.717, 1.165) is 37.9 Å². The van der Waals surface area contributed by atoms with E-state index in [1.54, 1.807) is 0 Å². The zero-order valence-corrected chi connectivity index (χ0v) is 18.3. The predicted molar refractivity (Wildman–Crippen MR) is 131 cm³/mol. The number of halogens is 1. The molecule has 4 rings (SSSR count). The van der Waals surface area contributed by atoms with Crippen LogP contribution in [0.4, 0.5) is 0 Å². The van der Waals surface area contributed by atoms with Crippen molar-refractivity contribution >= 4 is 15.9 Å². The molecule has 0 atom stereocenters. The Hall–Kier alpha value is -3.96. The maximum atomic E-state index is 3.55. The molecule has 0 radical (unpaired) electrons. The lowest BCUT2D eigenvalue weighted by Crippen LogP contribution is -1.86. The van der Waals surface area contributed by atoms with E-state index in [4.69, 9.17) is 0 Å². The molecule has 0 spiro atoms. The molecule has 31 heavy (non-hydrogen) atoms. The Kier molecular flexibility index (Phi) is 6.67. The average molecular weight is 457 g/mol. The third-order valence-electron chi connectivity index (χ3n) is 4.51. The van der Waals surface area contributed by atoms with Gasteiger partial charge in [-0.3, -0.25) is 0 Å². The van der Waals surface area contributed by atoms with Crippen LogP contribution in [0.5, 0.6) is 0 Å². The first-order chi connectivity index (χ1) is 15.3. The van der Waals surface area contributed by atoms with E-state index in [-0.39, 0.29) is 0 Å². The molecule has 4 aromatic rings. The first kappa shape index (κ1) is 20.3. The zero-order valence-electron chi connectivity index (χ0n) is 16.7. The first-order valence-corrected chi connectivity index (χ1v) is 10.6. The van der Waals surface area contributed by atoms with E-state index >= 15 is 0 Å². The smallest absolute Gasteiger partial charge is 0.0405 e. The quantitative estimate of drug-likeness (QED) is 0.260. The van der Waals surface area contributed by atoms with Crippen LogP contribution in [0.15, 0.2) is 108 Å². The van der Waals surface area contributed by atoms with Crippen LogP contribution in [-0.4, -0.2) is 0 Å². The molecule has 0 fully saturated rings. The van der Waals surface area contributed by atoms with Crippen LogP contribution in [-0.2, 0) is 0 Å². The number of hydrogen-bond donors (Lipinski definition) is 0. The summed E-state index contributed by atoms with van der Waals surface area (Å²) in [5.74, 6) is 19.5. The minimum atomic E-state index is 0.896. The molecule has 0 unspecified atom stereocenters. The van der Waals surface area contributed by atoms with Crippen LogP contribution in [0.1, 0.15) is 33.4 Å². The summed E-state index contributed by atoms with van der Waals surface area (Å²) in [5, 5.41) is 0. The Bertz CT molecular complexity index is 1390. The summed E-state index contributed by atoms with van der Waals surface area (Å²) in [5.41, 5.74) is 5.55. The molecule has 0 nitrogen and oxygen atoms in total. The molecular formula is C30H17Br. The molecule has 0 aromatic heterocycles. The van der Waals surface area contributed by atoms with Crippen molar-refractivity contribution in [3.05, 3.63) is 141 Å². The van der Waals surface area contributed by atoms with Gasteiger partial charge in [-0.05, 0) is 64.5 Å². The monoisotopic (exact) mass is 456 g/mol. The molecule has 0 heterocycles. The number of benzene rings is 4. The summed E-state index contributed by atoms with van der Waals surface area (Å²) >= 11 is 3.55. The second-order valence-corrected chi connectivity index (χ2v) is 7.54. The zero-order chi connectivity index (χ0) is 21.3. The molecule has 0 saturated heterocycles. The fourth-order valence-electron chi connectivity index (χ4n) is 2.90. The SMILES string of the molecule is Brc1ccccc1C#Cc1ccccc1C#Cc1ccccc1C#Cc1ccccc1. The van der Waals surface area contributed by atoms with Gasteiger partial charge in [-0.15, -0.1) is 0 Å². The van der Waals surface area contributed by atoms with Crippen molar-refractivity contribution in [2.24, 2.45) is 0 Å². The largest absolute Gasteiger partial charge is 0.0622 e. The Balaban J connectivity index is 1.66. The van der Waals surface area contributed by atoms with Gasteiger partial charge in [-0.2, -0.15) is 0 Å². The first-order valence-electron chi connectivity index (χ1n) is 9.83. The van der Waals surface area contributed by atoms with Gasteiger partial charge in [0.25, 0.3) is 0 Å². The third kappa shape index (κ3) is 5.56. The molecule has 144 valence electrons. The van der Waals surface area contributed by atoms with E-state index < -0.39 is 0 Å². The molecule has 0 aliphatic heterocycles. The predicted octanol–water partition coefficient (Wildman–Crippen LogP) is 6.65. The molecule has 0 amide bonds. The van der Waals surface area contributed by atoms with Crippen LogP contribution >= 0.6 is 15.9 Å². The Morgan fingerprint density at radius 3 is 1.19 bits per heavy atom. The molecular weight excluding hydrogens is 440 g/mol. The highest BCUT2D eigenvalue weighted by molar-refractivity contribution is 9.10. The normalized spacial score (nSPS) is 9.32. The third-order valence-corrected chi connectivity index (χ3v) is 5.20. The van der Waals surface area contributed by atoms with Crippen molar-refractivity contribution in [2.75, 3.05) is 0 Å². The molecule has 0 N–H and O–H groups in total. The molecule has 4 aromatic carbocycles. The van der Waals surface area contributed by atoms with Gasteiger partial charge in [0.1, 0.15) is 0 Å². The van der Waals surface area contributed by atoms with Crippen molar-refractivity contribution in [3.63, 3.8) is 0 Å². The Morgan fingerprint density at radius 1 is 0.355 bits per heavy atom. The topological polar surface area (TPSA) is 0 Å². The summed E-state index contributed by atoms with van der Waals surface area (Å²) < 4.78 is 0.983. The standard InChI is InChI=1S/C30H17Br/c31-30-17-9-8-16-29(30)23-22-28-15-7-6-14-27(28)21-20-26-13-5-4-12-25(26)19-18-24-10-2-1-3-11-24/h1-17H. The summed E-state index contributed by atoms with van der Waals surface area (Å²) in [4.78, 5) is 0. The van der Waals surface area contributed by atoms with Gasteiger partial charge < -0.3 is 0 Å². The van der Waals surface area contributed by atoms with Crippen molar-refractivity contribution in [2.45, 2.75) is 0 Å². The fourth-order valence-corrected chi connectivity index (χ4v) is 3.28. The van der Waals surface area contributed by atoms with Crippen molar-refractivity contribution in [1.29, 1.82) is 0 Å². The summed E-state index contributed by atoms with van der Waals surface area (Å²) in [6.07, 6.45) is 0. The van der Waals surface area contributed by atoms with Gasteiger partial charge in [-0.1, -0.05) is 90.1 Å². The molecule has 1 heteroatoms. The second-order valence-electron chi connectivity index (χ2n) is 6.69. The Labute approximate surface area is 192 Å². The maximum Gasteiger partial charge on any atom is 0.0405 e. The fraction of sp³-hybridized carbons (Fsp3) is 0. The highest BCUT2D eigenvalue weighted by atomic mass is 79.9. The van der Waals surface area contributed by atoms with Gasteiger partial charge in [0.15, 0.2) is 0 Å². The lowest BCUT2D eigenvalue weighted by Gasteiger charge is -1.98. The lowest BCUT2D eigenvalue weighted by atomic mass is 10.0. The van der Waals surface area contributed by atoms with E-state index in [1.165, 1.54) is 0 Å². The van der Waals surface area contributed by atoms with Crippen LogP contribution < -0.4 is 0 Å². The maximum absolute atomic E-state index is 3.55. The van der Waals surface area contributed by atoms with Crippen LogP contribution in [0.25, 0.3) is 0 Å². The van der Waals surface area contributed by atoms with E-state index in [0.29, 0.717) is 0 Å². The van der Waals surface area contributed by atoms with Crippen molar-refractivity contribution in [3.8, 4) is 35.5 Å². The van der Waals surface area contributed by atoms with Gasteiger partial charge in [0.05, 0.1) is 0 Å². The summed E-state index contributed by atoms with van der Waals surface area (Å²) in [6.45, 7) is 0.